The van der Waals surface area contributed by atoms with Crippen LogP contribution < -0.4 is 0 Å². The minimum absolute atomic E-state index is 0.292. The highest BCUT2D eigenvalue weighted by molar-refractivity contribution is 5.61. The summed E-state index contributed by atoms with van der Waals surface area (Å²) in [5, 5.41) is 11.2. The molecule has 0 aromatic carbocycles. The Hall–Kier alpha value is -0.610. The van der Waals surface area contributed by atoms with Crippen LogP contribution in [-0.2, 0) is 9.47 Å². The molecule has 0 aliphatic heterocycles. The fourth-order valence-electron chi connectivity index (χ4n) is 1.36. The van der Waals surface area contributed by atoms with Gasteiger partial charge < -0.3 is 14.7 Å². The van der Waals surface area contributed by atoms with Gasteiger partial charge in [-0.15, -0.1) is 5.16 Å². The molecule has 1 aliphatic carbocycles. The molecule has 0 bridgehead atoms. The van der Waals surface area contributed by atoms with Crippen molar-refractivity contribution < 1.29 is 14.7 Å². The first-order valence-corrected chi connectivity index (χ1v) is 3.54. The van der Waals surface area contributed by atoms with Gasteiger partial charge in [-0.25, -0.2) is 0 Å². The average molecular weight is 159 g/mol. The van der Waals surface area contributed by atoms with Crippen LogP contribution in [0.25, 0.3) is 0 Å². The van der Waals surface area contributed by atoms with Gasteiger partial charge in [0.15, 0.2) is 5.79 Å². The topological polar surface area (TPSA) is 51.0 Å². The Morgan fingerprint density at radius 1 is 1.45 bits per heavy atom. The molecular formula is C7H13NO3. The number of methoxy groups -OCH3 is 2. The lowest BCUT2D eigenvalue weighted by molar-refractivity contribution is -0.259. The van der Waals surface area contributed by atoms with Crippen LogP contribution in [0.4, 0.5) is 0 Å². The van der Waals surface area contributed by atoms with Gasteiger partial charge in [-0.05, 0) is 0 Å². The largest absolute Gasteiger partial charge is 0.411 e. The molecule has 1 saturated carbocycles. The Labute approximate surface area is 65.8 Å². The second kappa shape index (κ2) is 3.19. The lowest BCUT2D eigenvalue weighted by Gasteiger charge is -2.43. The molecule has 0 radical (unpaired) electrons. The van der Waals surface area contributed by atoms with Crippen LogP contribution in [0.15, 0.2) is 5.16 Å². The lowest BCUT2D eigenvalue weighted by atomic mass is 9.79. The fourth-order valence-corrected chi connectivity index (χ4v) is 1.36. The van der Waals surface area contributed by atoms with E-state index in [0.717, 1.165) is 12.8 Å². The summed E-state index contributed by atoms with van der Waals surface area (Å²) in [6.45, 7) is 0. The van der Waals surface area contributed by atoms with E-state index >= 15 is 0 Å². The van der Waals surface area contributed by atoms with E-state index in [1.54, 1.807) is 14.2 Å². The van der Waals surface area contributed by atoms with Gasteiger partial charge in [0.05, 0.1) is 0 Å². The van der Waals surface area contributed by atoms with E-state index in [2.05, 4.69) is 5.16 Å². The van der Waals surface area contributed by atoms with Crippen LogP contribution in [0.3, 0.4) is 0 Å². The Bertz CT molecular complexity index is 146. The van der Waals surface area contributed by atoms with Gasteiger partial charge in [0.25, 0.3) is 0 Å². The number of hydrogen-bond donors (Lipinski definition) is 1. The van der Waals surface area contributed by atoms with Crippen molar-refractivity contribution in [2.75, 3.05) is 14.2 Å². The molecular weight excluding hydrogens is 146 g/mol. The van der Waals surface area contributed by atoms with Crippen LogP contribution in [0.5, 0.6) is 0 Å². The molecule has 0 aromatic heterocycles. The number of oxime groups is 1. The number of rotatable bonds is 3. The molecule has 0 amide bonds. The predicted molar refractivity (Wildman–Crippen MR) is 39.8 cm³/mol. The highest BCUT2D eigenvalue weighted by atomic mass is 16.7. The first-order chi connectivity index (χ1) is 5.26. The third kappa shape index (κ3) is 1.52. The van der Waals surface area contributed by atoms with Crippen molar-refractivity contribution in [1.82, 2.24) is 0 Å². The summed E-state index contributed by atoms with van der Waals surface area (Å²) in [5.74, 6) is -0.133. The van der Waals surface area contributed by atoms with Gasteiger partial charge >= 0.3 is 0 Å². The standard InChI is InChI=1S/C7H13NO3/c1-10-7(11-2)3-6(4-7)5-8-9/h5-6,9H,3-4H2,1-2H3/b8-5+. The minimum atomic E-state index is -0.425. The van der Waals surface area contributed by atoms with Crippen LogP contribution in [0.2, 0.25) is 0 Å². The first-order valence-electron chi connectivity index (χ1n) is 3.54. The maximum absolute atomic E-state index is 8.21. The first kappa shape index (κ1) is 8.49. The van der Waals surface area contributed by atoms with Gasteiger partial charge in [-0.3, -0.25) is 0 Å². The second-order valence-corrected chi connectivity index (χ2v) is 2.75. The maximum Gasteiger partial charge on any atom is 0.168 e. The van der Waals surface area contributed by atoms with Crippen molar-refractivity contribution in [2.24, 2.45) is 11.1 Å². The highest BCUT2D eigenvalue weighted by Gasteiger charge is 2.44. The van der Waals surface area contributed by atoms with Crippen LogP contribution >= 0.6 is 0 Å². The van der Waals surface area contributed by atoms with Crippen molar-refractivity contribution >= 4 is 6.21 Å². The van der Waals surface area contributed by atoms with Crippen LogP contribution in [-0.4, -0.2) is 31.4 Å². The normalized spacial score (nSPS) is 23.8. The molecule has 4 nitrogen and oxygen atoms in total. The molecule has 1 rings (SSSR count). The summed E-state index contributed by atoms with van der Waals surface area (Å²) in [5.41, 5.74) is 0. The van der Waals surface area contributed by atoms with Gasteiger partial charge in [-0.2, -0.15) is 0 Å². The molecule has 4 heteroatoms. The van der Waals surface area contributed by atoms with E-state index in [4.69, 9.17) is 14.7 Å². The van der Waals surface area contributed by atoms with Gasteiger partial charge in [0, 0.05) is 39.2 Å². The van der Waals surface area contributed by atoms with Crippen molar-refractivity contribution in [3.63, 3.8) is 0 Å². The molecule has 0 atom stereocenters. The zero-order valence-electron chi connectivity index (χ0n) is 6.78. The van der Waals surface area contributed by atoms with Crippen molar-refractivity contribution in [2.45, 2.75) is 18.6 Å². The Balaban J connectivity index is 2.35. The zero-order chi connectivity index (χ0) is 8.32. The van der Waals surface area contributed by atoms with E-state index in [0.29, 0.717) is 5.92 Å². The van der Waals surface area contributed by atoms with Crippen LogP contribution in [0.1, 0.15) is 12.8 Å². The van der Waals surface area contributed by atoms with Crippen LogP contribution in [0, 0.1) is 5.92 Å². The summed E-state index contributed by atoms with van der Waals surface area (Å²) in [6, 6.07) is 0. The summed E-state index contributed by atoms with van der Waals surface area (Å²) in [7, 11) is 3.24. The highest BCUT2D eigenvalue weighted by Crippen LogP contribution is 2.39. The molecule has 0 spiro atoms. The molecule has 0 aromatic rings. The quantitative estimate of drug-likeness (QED) is 0.287. The van der Waals surface area contributed by atoms with E-state index in [-0.39, 0.29) is 0 Å². The number of ether oxygens (including phenoxy) is 2. The van der Waals surface area contributed by atoms with Crippen molar-refractivity contribution in [3.05, 3.63) is 0 Å². The van der Waals surface area contributed by atoms with Gasteiger partial charge in [0.2, 0.25) is 0 Å². The molecule has 1 aliphatic rings. The third-order valence-electron chi connectivity index (χ3n) is 2.17. The maximum atomic E-state index is 8.21. The Morgan fingerprint density at radius 2 is 2.00 bits per heavy atom. The van der Waals surface area contributed by atoms with Crippen molar-refractivity contribution in [3.8, 4) is 0 Å². The molecule has 0 heterocycles. The Morgan fingerprint density at radius 3 is 2.36 bits per heavy atom. The summed E-state index contributed by atoms with van der Waals surface area (Å²) in [4.78, 5) is 0. The number of hydrogen-bond acceptors (Lipinski definition) is 4. The molecule has 1 fully saturated rings. The van der Waals surface area contributed by atoms with Gasteiger partial charge in [-0.1, -0.05) is 0 Å². The minimum Gasteiger partial charge on any atom is -0.411 e. The monoisotopic (exact) mass is 159 g/mol. The fraction of sp³-hybridized carbons (Fsp3) is 0.857. The molecule has 0 saturated heterocycles. The SMILES string of the molecule is COC1(OC)CC(/C=N/O)C1. The summed E-state index contributed by atoms with van der Waals surface area (Å²) >= 11 is 0. The van der Waals surface area contributed by atoms with Gasteiger partial charge in [0.1, 0.15) is 0 Å². The average Bonchev–Trinajstić information content (AvgIpc) is 1.96. The predicted octanol–water partition coefficient (Wildman–Crippen LogP) is 0.845. The van der Waals surface area contributed by atoms with E-state index in [9.17, 15) is 0 Å². The zero-order valence-corrected chi connectivity index (χ0v) is 6.78. The summed E-state index contributed by atoms with van der Waals surface area (Å²) < 4.78 is 10.3. The van der Waals surface area contributed by atoms with E-state index in [1.807, 2.05) is 0 Å². The molecule has 11 heavy (non-hydrogen) atoms. The van der Waals surface area contributed by atoms with Crippen molar-refractivity contribution in [1.29, 1.82) is 0 Å². The number of nitrogens with zero attached hydrogens (tertiary/aromatic N) is 1. The molecule has 0 unspecified atom stereocenters. The van der Waals surface area contributed by atoms with E-state index < -0.39 is 5.79 Å². The Kier molecular flexibility index (Phi) is 2.46. The molecule has 64 valence electrons. The second-order valence-electron chi connectivity index (χ2n) is 2.75. The lowest BCUT2D eigenvalue weighted by Crippen LogP contribution is -2.47. The van der Waals surface area contributed by atoms with E-state index in [1.165, 1.54) is 6.21 Å². The molecule has 1 N–H and O–H groups in total. The smallest absolute Gasteiger partial charge is 0.168 e. The third-order valence-corrected chi connectivity index (χ3v) is 2.17. The summed E-state index contributed by atoms with van der Waals surface area (Å²) in [6.07, 6.45) is 3.05.